The monoisotopic (exact) mass is 426 g/mol. The van der Waals surface area contributed by atoms with E-state index in [-0.39, 0.29) is 18.4 Å². The fourth-order valence-corrected chi connectivity index (χ4v) is 4.77. The molecule has 1 saturated heterocycles. The second kappa shape index (κ2) is 11.2. The maximum Gasteiger partial charge on any atom is 0.246 e. The number of carbonyl (C=O) groups excluding carboxylic acids is 2. The number of likely N-dealkylation sites (N-methyl/N-ethyl adjacent to an activating group) is 1. The van der Waals surface area contributed by atoms with Crippen molar-refractivity contribution >= 4 is 28.7 Å². The highest BCUT2D eigenvalue weighted by molar-refractivity contribution is 8.13. The van der Waals surface area contributed by atoms with Crippen LogP contribution in [0.5, 0.6) is 0 Å². The van der Waals surface area contributed by atoms with Gasteiger partial charge in [-0.05, 0) is 47.0 Å². The van der Waals surface area contributed by atoms with Gasteiger partial charge in [0, 0.05) is 46.0 Å². The number of aliphatic imine (C=N–C) groups is 1. The van der Waals surface area contributed by atoms with Crippen molar-refractivity contribution in [3.8, 4) is 0 Å². The third-order valence-corrected chi connectivity index (χ3v) is 6.99. The first-order valence-electron chi connectivity index (χ1n) is 10.5. The average molecular weight is 427 g/mol. The molecule has 1 unspecified atom stereocenters. The van der Waals surface area contributed by atoms with E-state index >= 15 is 0 Å². The van der Waals surface area contributed by atoms with E-state index in [0.29, 0.717) is 18.8 Å². The van der Waals surface area contributed by atoms with Gasteiger partial charge in [-0.2, -0.15) is 0 Å². The van der Waals surface area contributed by atoms with Crippen molar-refractivity contribution < 1.29 is 9.59 Å². The molecule has 0 aliphatic carbocycles. The lowest BCUT2D eigenvalue weighted by atomic mass is 10.00. The number of amidine groups is 1. The summed E-state index contributed by atoms with van der Waals surface area (Å²) in [4.78, 5) is 38.9. The lowest BCUT2D eigenvalue weighted by Gasteiger charge is -2.42. The Labute approximate surface area is 180 Å². The van der Waals surface area contributed by atoms with Gasteiger partial charge in [-0.15, -0.1) is 0 Å². The number of nitrogens with zero attached hydrogens (tertiary/aromatic N) is 5. The van der Waals surface area contributed by atoms with Crippen LogP contribution >= 0.6 is 11.8 Å². The second-order valence-electron chi connectivity index (χ2n) is 8.56. The number of hydrogen-bond acceptors (Lipinski definition) is 7. The van der Waals surface area contributed by atoms with Crippen LogP contribution in [-0.2, 0) is 9.59 Å². The normalized spacial score (nSPS) is 25.9. The van der Waals surface area contributed by atoms with E-state index in [1.54, 1.807) is 16.7 Å². The fraction of sp³-hybridized carbons (Fsp3) is 0.850. The number of rotatable bonds is 7. The van der Waals surface area contributed by atoms with Crippen LogP contribution in [0, 0.1) is 0 Å². The molecule has 0 radical (unpaired) electrons. The number of hydrogen-bond donors (Lipinski definition) is 1. The van der Waals surface area contributed by atoms with Crippen LogP contribution in [0.25, 0.3) is 0 Å². The summed E-state index contributed by atoms with van der Waals surface area (Å²) in [6.45, 7) is 6.83. The van der Waals surface area contributed by atoms with E-state index in [2.05, 4.69) is 15.2 Å². The number of thioether (sulfide) groups is 1. The Morgan fingerprint density at radius 1 is 1.17 bits per heavy atom. The fourth-order valence-electron chi connectivity index (χ4n) is 3.66. The van der Waals surface area contributed by atoms with Gasteiger partial charge >= 0.3 is 0 Å². The average Bonchev–Trinajstić information content (AvgIpc) is 2.67. The topological polar surface area (TPSA) is 71.5 Å². The lowest BCUT2D eigenvalue weighted by molar-refractivity contribution is -0.145. The smallest absolute Gasteiger partial charge is 0.246 e. The van der Waals surface area contributed by atoms with Crippen molar-refractivity contribution in [2.75, 3.05) is 79.8 Å². The van der Waals surface area contributed by atoms with Gasteiger partial charge in [-0.25, -0.2) is 0 Å². The molecule has 8 nitrogen and oxygen atoms in total. The van der Waals surface area contributed by atoms with Crippen molar-refractivity contribution in [3.05, 3.63) is 0 Å². The number of likely N-dealkylation sites (tertiary alicyclic amines) is 1. The van der Waals surface area contributed by atoms with Crippen LogP contribution < -0.4 is 5.32 Å². The molecule has 166 valence electrons. The van der Waals surface area contributed by atoms with Crippen LogP contribution in [0.2, 0.25) is 0 Å². The first kappa shape index (κ1) is 24.0. The standard InChI is InChI=1S/C20H38N6O2S/c1-20(18(28)21-9-12-23(2)3)16-29-19(24(4)5)22-15-17(27)26(20)14-13-25-10-7-6-8-11-25/h6-16H2,1-5H3,(H,21,28)/b22-19-. The summed E-state index contributed by atoms with van der Waals surface area (Å²) in [5, 5.41) is 3.84. The second-order valence-corrected chi connectivity index (χ2v) is 9.51. The van der Waals surface area contributed by atoms with Gasteiger partial charge in [0.25, 0.3) is 0 Å². The molecule has 2 aliphatic heterocycles. The molecule has 29 heavy (non-hydrogen) atoms. The van der Waals surface area contributed by atoms with E-state index < -0.39 is 5.54 Å². The van der Waals surface area contributed by atoms with Crippen molar-refractivity contribution in [1.29, 1.82) is 0 Å². The molecule has 0 bridgehead atoms. The zero-order valence-electron chi connectivity index (χ0n) is 18.7. The Morgan fingerprint density at radius 2 is 1.86 bits per heavy atom. The highest BCUT2D eigenvalue weighted by atomic mass is 32.2. The van der Waals surface area contributed by atoms with Gasteiger partial charge in [-0.3, -0.25) is 14.6 Å². The molecule has 2 heterocycles. The van der Waals surface area contributed by atoms with Gasteiger partial charge in [0.15, 0.2) is 5.17 Å². The third-order valence-electron chi connectivity index (χ3n) is 5.53. The molecule has 0 aromatic heterocycles. The Kier molecular flexibility index (Phi) is 9.23. The molecule has 1 atom stereocenters. The predicted octanol–water partition coefficient (Wildman–Crippen LogP) is 0.402. The van der Waals surface area contributed by atoms with Crippen molar-refractivity contribution in [3.63, 3.8) is 0 Å². The summed E-state index contributed by atoms with van der Waals surface area (Å²) >= 11 is 1.54. The summed E-state index contributed by atoms with van der Waals surface area (Å²) < 4.78 is 0. The van der Waals surface area contributed by atoms with Crippen molar-refractivity contribution in [1.82, 2.24) is 24.9 Å². The van der Waals surface area contributed by atoms with E-state index in [1.165, 1.54) is 19.3 Å². The minimum absolute atomic E-state index is 0.0769. The maximum atomic E-state index is 13.2. The number of carbonyl (C=O) groups is 2. The van der Waals surface area contributed by atoms with E-state index in [9.17, 15) is 9.59 Å². The predicted molar refractivity (Wildman–Crippen MR) is 120 cm³/mol. The van der Waals surface area contributed by atoms with Crippen molar-refractivity contribution in [2.45, 2.75) is 31.7 Å². The number of nitrogens with one attached hydrogen (secondary N) is 1. The van der Waals surface area contributed by atoms with E-state index in [4.69, 9.17) is 0 Å². The largest absolute Gasteiger partial charge is 0.358 e. The van der Waals surface area contributed by atoms with Gasteiger partial charge < -0.3 is 24.9 Å². The first-order chi connectivity index (χ1) is 13.7. The summed E-state index contributed by atoms with van der Waals surface area (Å²) in [6.07, 6.45) is 3.70. The minimum Gasteiger partial charge on any atom is -0.358 e. The zero-order valence-corrected chi connectivity index (χ0v) is 19.6. The summed E-state index contributed by atoms with van der Waals surface area (Å²) in [5.74, 6) is 0.328. The van der Waals surface area contributed by atoms with Crippen molar-refractivity contribution in [2.24, 2.45) is 4.99 Å². The highest BCUT2D eigenvalue weighted by Gasteiger charge is 2.43. The maximum absolute atomic E-state index is 13.2. The Hall–Kier alpha value is -1.32. The Bertz CT molecular complexity index is 592. The van der Waals surface area contributed by atoms with Crippen LogP contribution in [-0.4, -0.2) is 122 Å². The van der Waals surface area contributed by atoms with Gasteiger partial charge in [0.1, 0.15) is 12.1 Å². The Morgan fingerprint density at radius 3 is 2.48 bits per heavy atom. The molecule has 2 rings (SSSR count). The van der Waals surface area contributed by atoms with Crippen LogP contribution in [0.15, 0.2) is 4.99 Å². The SMILES string of the molecule is CN(C)CCNC(=O)C1(C)CS/C(N(C)C)=N\CC(=O)N1CCN1CCCCC1. The molecule has 2 amide bonds. The minimum atomic E-state index is -0.902. The lowest BCUT2D eigenvalue weighted by Crippen LogP contribution is -2.63. The van der Waals surface area contributed by atoms with E-state index in [1.807, 2.05) is 44.9 Å². The van der Waals surface area contributed by atoms with Gasteiger partial charge in [0.2, 0.25) is 11.8 Å². The first-order valence-corrected chi connectivity index (χ1v) is 11.5. The molecular formula is C20H38N6O2S. The van der Waals surface area contributed by atoms with Gasteiger partial charge in [-0.1, -0.05) is 18.2 Å². The molecule has 1 N–H and O–H groups in total. The molecule has 1 fully saturated rings. The quantitative estimate of drug-likeness (QED) is 0.636. The summed E-state index contributed by atoms with van der Waals surface area (Å²) in [5.41, 5.74) is -0.902. The summed E-state index contributed by atoms with van der Waals surface area (Å²) in [6, 6.07) is 0. The Balaban J connectivity index is 2.17. The van der Waals surface area contributed by atoms with Crippen LogP contribution in [0.1, 0.15) is 26.2 Å². The molecule has 0 aromatic carbocycles. The zero-order chi connectivity index (χ0) is 21.4. The molecular weight excluding hydrogens is 388 g/mol. The summed E-state index contributed by atoms with van der Waals surface area (Å²) in [7, 11) is 7.79. The number of piperidine rings is 1. The molecule has 0 saturated carbocycles. The molecule has 2 aliphatic rings. The van der Waals surface area contributed by atoms with E-state index in [0.717, 1.165) is 31.3 Å². The van der Waals surface area contributed by atoms with Crippen LogP contribution in [0.4, 0.5) is 0 Å². The molecule has 0 aromatic rings. The van der Waals surface area contributed by atoms with Gasteiger partial charge in [0.05, 0.1) is 0 Å². The number of amides is 2. The van der Waals surface area contributed by atoms with Crippen LogP contribution in [0.3, 0.4) is 0 Å². The molecule has 0 spiro atoms. The third kappa shape index (κ3) is 6.86. The highest BCUT2D eigenvalue weighted by Crippen LogP contribution is 2.26. The molecule has 9 heteroatoms.